The minimum atomic E-state index is 0.706. The molecule has 3 nitrogen and oxygen atoms in total. The van der Waals surface area contributed by atoms with Crippen LogP contribution in [0.25, 0.3) is 0 Å². The molecule has 0 bridgehead atoms. The minimum absolute atomic E-state index is 0.706. The van der Waals surface area contributed by atoms with Crippen molar-refractivity contribution >= 4 is 0 Å². The van der Waals surface area contributed by atoms with Gasteiger partial charge in [-0.2, -0.15) is 0 Å². The van der Waals surface area contributed by atoms with Crippen LogP contribution in [0.5, 0.6) is 0 Å². The quantitative estimate of drug-likeness (QED) is 0.818. The number of likely N-dealkylation sites (tertiary alicyclic amines) is 1. The predicted molar refractivity (Wildman–Crippen MR) is 79.9 cm³/mol. The zero-order valence-corrected chi connectivity index (χ0v) is 12.9. The molecule has 2 rings (SSSR count). The molecule has 2 saturated heterocycles. The summed E-state index contributed by atoms with van der Waals surface area (Å²) in [6.07, 6.45) is 5.58. The second-order valence-electron chi connectivity index (χ2n) is 6.11. The molecule has 3 heteroatoms. The van der Waals surface area contributed by atoms with Crippen molar-refractivity contribution in [1.29, 1.82) is 0 Å². The lowest BCUT2D eigenvalue weighted by atomic mass is 10.1. The minimum Gasteiger partial charge on any atom is -0.304 e. The molecular formula is C15H33N3. The van der Waals surface area contributed by atoms with Gasteiger partial charge in [0.15, 0.2) is 0 Å². The van der Waals surface area contributed by atoms with Crippen LogP contribution < -0.4 is 5.32 Å². The molecule has 18 heavy (non-hydrogen) atoms. The summed E-state index contributed by atoms with van der Waals surface area (Å²) in [6, 6.07) is 1.48. The third-order valence-corrected chi connectivity index (χ3v) is 3.97. The van der Waals surface area contributed by atoms with E-state index in [1.807, 2.05) is 0 Å². The lowest BCUT2D eigenvalue weighted by Crippen LogP contribution is -2.44. The average Bonchev–Trinajstić information content (AvgIpc) is 2.41. The summed E-state index contributed by atoms with van der Waals surface area (Å²) in [5, 5.41) is 3.34. The van der Waals surface area contributed by atoms with Crippen molar-refractivity contribution in [2.75, 3.05) is 32.8 Å². The van der Waals surface area contributed by atoms with Gasteiger partial charge in [0, 0.05) is 25.3 Å². The van der Waals surface area contributed by atoms with E-state index in [1.165, 1.54) is 51.9 Å². The molecule has 0 unspecified atom stereocenters. The molecule has 0 aromatic carbocycles. The fraction of sp³-hybridized carbons (Fsp3) is 1.00. The molecule has 2 aliphatic heterocycles. The van der Waals surface area contributed by atoms with Crippen molar-refractivity contribution in [1.82, 2.24) is 15.1 Å². The van der Waals surface area contributed by atoms with E-state index in [2.05, 4.69) is 42.8 Å². The SMILES string of the molecule is CC(C)N1CCCCC1.CC(C)N1CCCNC1. The van der Waals surface area contributed by atoms with Crippen LogP contribution in [0.3, 0.4) is 0 Å². The highest BCUT2D eigenvalue weighted by atomic mass is 15.3. The predicted octanol–water partition coefficient (Wildman–Crippen LogP) is 2.53. The Labute approximate surface area is 114 Å². The molecule has 0 saturated carbocycles. The fourth-order valence-corrected chi connectivity index (χ4v) is 2.58. The Morgan fingerprint density at radius 2 is 1.28 bits per heavy atom. The average molecular weight is 255 g/mol. The highest BCUT2D eigenvalue weighted by molar-refractivity contribution is 4.67. The molecule has 1 N–H and O–H groups in total. The van der Waals surface area contributed by atoms with E-state index in [1.54, 1.807) is 0 Å². The Morgan fingerprint density at radius 1 is 0.722 bits per heavy atom. The van der Waals surface area contributed by atoms with E-state index in [0.29, 0.717) is 6.04 Å². The van der Waals surface area contributed by atoms with Gasteiger partial charge in [-0.3, -0.25) is 4.90 Å². The molecule has 2 heterocycles. The van der Waals surface area contributed by atoms with Gasteiger partial charge in [0.2, 0.25) is 0 Å². The molecule has 2 fully saturated rings. The normalized spacial score (nSPS) is 23.0. The molecule has 2 aliphatic rings. The Balaban J connectivity index is 0.000000180. The molecule has 108 valence electrons. The maximum Gasteiger partial charge on any atom is 0.0482 e. The van der Waals surface area contributed by atoms with Gasteiger partial charge in [-0.05, 0) is 66.6 Å². The van der Waals surface area contributed by atoms with Crippen molar-refractivity contribution in [3.8, 4) is 0 Å². The van der Waals surface area contributed by atoms with Gasteiger partial charge >= 0.3 is 0 Å². The fourth-order valence-electron chi connectivity index (χ4n) is 2.58. The second-order valence-corrected chi connectivity index (χ2v) is 6.11. The lowest BCUT2D eigenvalue weighted by molar-refractivity contribution is 0.173. The summed E-state index contributed by atoms with van der Waals surface area (Å²) < 4.78 is 0. The monoisotopic (exact) mass is 255 g/mol. The van der Waals surface area contributed by atoms with Crippen molar-refractivity contribution in [2.24, 2.45) is 0 Å². The number of hydrogen-bond donors (Lipinski definition) is 1. The van der Waals surface area contributed by atoms with Gasteiger partial charge in [-0.1, -0.05) is 6.42 Å². The van der Waals surface area contributed by atoms with E-state index in [0.717, 1.165) is 12.7 Å². The summed E-state index contributed by atoms with van der Waals surface area (Å²) in [5.41, 5.74) is 0. The topological polar surface area (TPSA) is 18.5 Å². The maximum atomic E-state index is 3.34. The summed E-state index contributed by atoms with van der Waals surface area (Å²) in [5.74, 6) is 0. The Kier molecular flexibility index (Phi) is 7.87. The van der Waals surface area contributed by atoms with Crippen LogP contribution >= 0.6 is 0 Å². The first-order valence-corrected chi connectivity index (χ1v) is 7.80. The first-order chi connectivity index (χ1) is 8.61. The smallest absolute Gasteiger partial charge is 0.0482 e. The van der Waals surface area contributed by atoms with Crippen LogP contribution in [-0.2, 0) is 0 Å². The van der Waals surface area contributed by atoms with Crippen molar-refractivity contribution < 1.29 is 0 Å². The highest BCUT2D eigenvalue weighted by Gasteiger charge is 2.12. The van der Waals surface area contributed by atoms with Crippen molar-refractivity contribution in [3.63, 3.8) is 0 Å². The molecule has 0 spiro atoms. The molecule has 0 aromatic rings. The van der Waals surface area contributed by atoms with E-state index >= 15 is 0 Å². The summed E-state index contributed by atoms with van der Waals surface area (Å²) in [7, 11) is 0. The highest BCUT2D eigenvalue weighted by Crippen LogP contribution is 2.10. The van der Waals surface area contributed by atoms with E-state index in [4.69, 9.17) is 0 Å². The zero-order valence-electron chi connectivity index (χ0n) is 12.9. The maximum absolute atomic E-state index is 3.34. The number of nitrogens with zero attached hydrogens (tertiary/aromatic N) is 2. The molecule has 0 aliphatic carbocycles. The molecule has 0 radical (unpaired) electrons. The van der Waals surface area contributed by atoms with E-state index < -0.39 is 0 Å². The molecule has 0 amide bonds. The molecule has 0 atom stereocenters. The lowest BCUT2D eigenvalue weighted by Gasteiger charge is -2.30. The first-order valence-electron chi connectivity index (χ1n) is 7.80. The van der Waals surface area contributed by atoms with Crippen molar-refractivity contribution in [3.05, 3.63) is 0 Å². The Bertz CT molecular complexity index is 170. The van der Waals surface area contributed by atoms with Crippen LogP contribution in [0.4, 0.5) is 0 Å². The van der Waals surface area contributed by atoms with E-state index in [-0.39, 0.29) is 0 Å². The van der Waals surface area contributed by atoms with Crippen LogP contribution in [-0.4, -0.2) is 54.7 Å². The summed E-state index contributed by atoms with van der Waals surface area (Å²) >= 11 is 0. The van der Waals surface area contributed by atoms with Gasteiger partial charge in [0.05, 0.1) is 0 Å². The summed E-state index contributed by atoms with van der Waals surface area (Å²) in [4.78, 5) is 5.01. The van der Waals surface area contributed by atoms with Gasteiger partial charge in [-0.25, -0.2) is 0 Å². The Hall–Kier alpha value is -0.120. The van der Waals surface area contributed by atoms with Crippen LogP contribution in [0, 0.1) is 0 Å². The largest absolute Gasteiger partial charge is 0.304 e. The number of piperidine rings is 1. The first kappa shape index (κ1) is 15.9. The van der Waals surface area contributed by atoms with Gasteiger partial charge in [0.25, 0.3) is 0 Å². The van der Waals surface area contributed by atoms with E-state index in [9.17, 15) is 0 Å². The number of nitrogens with one attached hydrogen (secondary N) is 1. The Morgan fingerprint density at radius 3 is 1.61 bits per heavy atom. The van der Waals surface area contributed by atoms with Gasteiger partial charge in [-0.15, -0.1) is 0 Å². The number of hydrogen-bond acceptors (Lipinski definition) is 3. The number of rotatable bonds is 2. The summed E-state index contributed by atoms with van der Waals surface area (Å²) in [6.45, 7) is 15.3. The standard InChI is InChI=1S/C8H17N.C7H16N2/c1-8(2)9-6-4-3-5-7-9;1-7(2)9-5-3-4-8-6-9/h8H,3-7H2,1-2H3;7-8H,3-6H2,1-2H3. The third kappa shape index (κ3) is 6.17. The van der Waals surface area contributed by atoms with Gasteiger partial charge in [0.1, 0.15) is 0 Å². The van der Waals surface area contributed by atoms with Crippen LogP contribution in [0.2, 0.25) is 0 Å². The second kappa shape index (κ2) is 8.89. The third-order valence-electron chi connectivity index (χ3n) is 3.97. The van der Waals surface area contributed by atoms with Crippen LogP contribution in [0.1, 0.15) is 53.4 Å². The van der Waals surface area contributed by atoms with Gasteiger partial charge < -0.3 is 10.2 Å². The van der Waals surface area contributed by atoms with Crippen molar-refractivity contribution in [2.45, 2.75) is 65.5 Å². The molecular weight excluding hydrogens is 222 g/mol. The van der Waals surface area contributed by atoms with Crippen LogP contribution in [0.15, 0.2) is 0 Å². The zero-order chi connectivity index (χ0) is 13.4. The molecule has 0 aromatic heterocycles.